The van der Waals surface area contributed by atoms with Crippen LogP contribution in [0.2, 0.25) is 0 Å². The molecule has 0 spiro atoms. The molecular formula is C16H21NO. The molecule has 0 aromatic heterocycles. The molecule has 1 saturated carbocycles. The minimum absolute atomic E-state index is 0.293. The van der Waals surface area contributed by atoms with E-state index in [4.69, 9.17) is 0 Å². The molecule has 0 radical (unpaired) electrons. The number of nitrogens with zero attached hydrogens (tertiary/aromatic N) is 1. The molecular weight excluding hydrogens is 222 g/mol. The number of ketones is 1. The van der Waals surface area contributed by atoms with Crippen molar-refractivity contribution >= 4 is 5.78 Å². The van der Waals surface area contributed by atoms with E-state index in [9.17, 15) is 4.79 Å². The normalized spacial score (nSPS) is 24.9. The second-order valence-corrected chi connectivity index (χ2v) is 5.70. The largest absolute Gasteiger partial charge is 0.299 e. The molecule has 2 aliphatic rings. The smallest absolute Gasteiger partial charge is 0.137 e. The summed E-state index contributed by atoms with van der Waals surface area (Å²) in [5.41, 5.74) is 2.89. The molecule has 0 N–H and O–H groups in total. The minimum Gasteiger partial charge on any atom is -0.299 e. The molecule has 0 saturated heterocycles. The number of Topliss-reactive ketones (excluding diaryl/α,β-unsaturated/α-hetero) is 1. The molecule has 3 rings (SSSR count). The quantitative estimate of drug-likeness (QED) is 0.744. The topological polar surface area (TPSA) is 20.3 Å². The van der Waals surface area contributed by atoms with Gasteiger partial charge in [0.25, 0.3) is 0 Å². The number of benzene rings is 1. The van der Waals surface area contributed by atoms with Crippen molar-refractivity contribution in [3.05, 3.63) is 35.4 Å². The number of fused-ring (bicyclic) bond motifs is 1. The molecule has 0 amide bonds. The highest BCUT2D eigenvalue weighted by Crippen LogP contribution is 2.26. The highest BCUT2D eigenvalue weighted by atomic mass is 16.1. The van der Waals surface area contributed by atoms with Crippen molar-refractivity contribution < 1.29 is 4.79 Å². The molecule has 1 aromatic carbocycles. The molecule has 1 heterocycles. The minimum atomic E-state index is 0.293. The van der Waals surface area contributed by atoms with Crippen molar-refractivity contribution in [1.29, 1.82) is 0 Å². The molecule has 1 atom stereocenters. The summed E-state index contributed by atoms with van der Waals surface area (Å²) in [6.07, 6.45) is 5.49. The van der Waals surface area contributed by atoms with E-state index < -0.39 is 0 Å². The zero-order chi connectivity index (χ0) is 12.4. The van der Waals surface area contributed by atoms with Crippen molar-refractivity contribution in [2.24, 2.45) is 5.92 Å². The van der Waals surface area contributed by atoms with Crippen LogP contribution in [0, 0.1) is 5.92 Å². The van der Waals surface area contributed by atoms with Gasteiger partial charge in [-0.25, -0.2) is 0 Å². The Hall–Kier alpha value is -1.15. The van der Waals surface area contributed by atoms with Gasteiger partial charge in [0.05, 0.1) is 0 Å². The Balaban J connectivity index is 1.63. The van der Waals surface area contributed by atoms with Crippen LogP contribution in [0.25, 0.3) is 0 Å². The van der Waals surface area contributed by atoms with E-state index >= 15 is 0 Å². The maximum atomic E-state index is 12.0. The summed E-state index contributed by atoms with van der Waals surface area (Å²) in [6.45, 7) is 3.02. The first-order valence-corrected chi connectivity index (χ1v) is 7.15. The Morgan fingerprint density at radius 3 is 2.50 bits per heavy atom. The third-order valence-corrected chi connectivity index (χ3v) is 4.32. The number of carbonyl (C=O) groups is 1. The summed E-state index contributed by atoms with van der Waals surface area (Å²) >= 11 is 0. The van der Waals surface area contributed by atoms with E-state index in [1.165, 1.54) is 24.0 Å². The van der Waals surface area contributed by atoms with Crippen LogP contribution in [0.5, 0.6) is 0 Å². The molecule has 1 aliphatic heterocycles. The van der Waals surface area contributed by atoms with E-state index in [0.717, 1.165) is 38.9 Å². The van der Waals surface area contributed by atoms with Gasteiger partial charge in [0, 0.05) is 32.0 Å². The summed E-state index contributed by atoms with van der Waals surface area (Å²) in [7, 11) is 0. The molecule has 2 nitrogen and oxygen atoms in total. The van der Waals surface area contributed by atoms with Crippen LogP contribution in [-0.4, -0.2) is 17.2 Å². The predicted octanol–water partition coefficient (Wildman–Crippen LogP) is 3.15. The van der Waals surface area contributed by atoms with Crippen LogP contribution in [0.4, 0.5) is 0 Å². The van der Waals surface area contributed by atoms with Gasteiger partial charge in [-0.3, -0.25) is 9.69 Å². The Bertz CT molecular complexity index is 415. The summed E-state index contributed by atoms with van der Waals surface area (Å²) in [5, 5.41) is 0. The van der Waals surface area contributed by atoms with Gasteiger partial charge >= 0.3 is 0 Å². The first kappa shape index (κ1) is 11.9. The Morgan fingerprint density at radius 2 is 1.78 bits per heavy atom. The summed E-state index contributed by atoms with van der Waals surface area (Å²) in [5.74, 6) is 0.797. The molecule has 1 unspecified atom stereocenters. The summed E-state index contributed by atoms with van der Waals surface area (Å²) in [4.78, 5) is 14.5. The van der Waals surface area contributed by atoms with Gasteiger partial charge in [-0.15, -0.1) is 0 Å². The third kappa shape index (κ3) is 2.49. The van der Waals surface area contributed by atoms with E-state index in [-0.39, 0.29) is 0 Å². The first-order valence-electron chi connectivity index (χ1n) is 7.15. The number of hydrogen-bond donors (Lipinski definition) is 0. The molecule has 96 valence electrons. The lowest BCUT2D eigenvalue weighted by atomic mass is 9.98. The second kappa shape index (κ2) is 5.23. The molecule has 0 bridgehead atoms. The highest BCUT2D eigenvalue weighted by Gasteiger charge is 2.26. The van der Waals surface area contributed by atoms with Crippen LogP contribution < -0.4 is 0 Å². The van der Waals surface area contributed by atoms with Gasteiger partial charge < -0.3 is 0 Å². The van der Waals surface area contributed by atoms with E-state index in [1.807, 2.05) is 0 Å². The maximum absolute atomic E-state index is 12.0. The zero-order valence-electron chi connectivity index (χ0n) is 10.9. The lowest BCUT2D eigenvalue weighted by molar-refractivity contribution is -0.123. The third-order valence-electron chi connectivity index (χ3n) is 4.32. The van der Waals surface area contributed by atoms with E-state index in [0.29, 0.717) is 11.7 Å². The fourth-order valence-electron chi connectivity index (χ4n) is 3.27. The molecule has 2 heteroatoms. The lowest BCUT2D eigenvalue weighted by Crippen LogP contribution is -2.29. The average molecular weight is 243 g/mol. The molecule has 1 aliphatic carbocycles. The lowest BCUT2D eigenvalue weighted by Gasteiger charge is -2.21. The van der Waals surface area contributed by atoms with Gasteiger partial charge in [0.2, 0.25) is 0 Å². The van der Waals surface area contributed by atoms with Crippen molar-refractivity contribution in [3.63, 3.8) is 0 Å². The van der Waals surface area contributed by atoms with Gasteiger partial charge in [-0.05, 0) is 24.0 Å². The van der Waals surface area contributed by atoms with Gasteiger partial charge in [0.15, 0.2) is 0 Å². The Kier molecular flexibility index (Phi) is 3.46. The van der Waals surface area contributed by atoms with E-state index in [2.05, 4.69) is 29.2 Å². The zero-order valence-corrected chi connectivity index (χ0v) is 10.9. The Morgan fingerprint density at radius 1 is 1.06 bits per heavy atom. The van der Waals surface area contributed by atoms with Crippen molar-refractivity contribution in [2.45, 2.75) is 45.2 Å². The SMILES string of the molecule is O=C1CCCCCC1CN1Cc2ccccc2C1. The standard InChI is InChI=1S/C16H21NO/c18-16-9-3-1-2-8-15(16)12-17-10-13-6-4-5-7-14(13)11-17/h4-7,15H,1-3,8-12H2. The fraction of sp³-hybridized carbons (Fsp3) is 0.562. The average Bonchev–Trinajstić information content (AvgIpc) is 2.68. The highest BCUT2D eigenvalue weighted by molar-refractivity contribution is 5.81. The summed E-state index contributed by atoms with van der Waals surface area (Å²) in [6, 6.07) is 8.65. The van der Waals surface area contributed by atoms with E-state index in [1.54, 1.807) is 0 Å². The van der Waals surface area contributed by atoms with Gasteiger partial charge in [-0.1, -0.05) is 37.1 Å². The predicted molar refractivity (Wildman–Crippen MR) is 72.1 cm³/mol. The molecule has 1 aromatic rings. The van der Waals surface area contributed by atoms with Crippen LogP contribution in [0.1, 0.15) is 43.2 Å². The number of carbonyl (C=O) groups excluding carboxylic acids is 1. The van der Waals surface area contributed by atoms with Crippen molar-refractivity contribution in [3.8, 4) is 0 Å². The molecule has 1 fully saturated rings. The fourth-order valence-corrected chi connectivity index (χ4v) is 3.27. The van der Waals surface area contributed by atoms with Gasteiger partial charge in [0.1, 0.15) is 5.78 Å². The summed E-state index contributed by atoms with van der Waals surface area (Å²) < 4.78 is 0. The molecule has 18 heavy (non-hydrogen) atoms. The number of hydrogen-bond acceptors (Lipinski definition) is 2. The van der Waals surface area contributed by atoms with Crippen LogP contribution >= 0.6 is 0 Å². The first-order chi connectivity index (χ1) is 8.83. The number of rotatable bonds is 2. The van der Waals surface area contributed by atoms with Crippen LogP contribution in [-0.2, 0) is 17.9 Å². The van der Waals surface area contributed by atoms with Crippen molar-refractivity contribution in [1.82, 2.24) is 4.90 Å². The monoisotopic (exact) mass is 243 g/mol. The van der Waals surface area contributed by atoms with Crippen LogP contribution in [0.3, 0.4) is 0 Å². The maximum Gasteiger partial charge on any atom is 0.137 e. The Labute approximate surface area is 109 Å². The van der Waals surface area contributed by atoms with Crippen molar-refractivity contribution in [2.75, 3.05) is 6.54 Å². The van der Waals surface area contributed by atoms with Crippen LogP contribution in [0.15, 0.2) is 24.3 Å². The second-order valence-electron chi connectivity index (χ2n) is 5.70. The van der Waals surface area contributed by atoms with Gasteiger partial charge in [-0.2, -0.15) is 0 Å².